The molecule has 4 rings (SSSR count). The summed E-state index contributed by atoms with van der Waals surface area (Å²) in [5.41, 5.74) is 0.434. The molecular formula is C21H21N3O4. The molecule has 1 aromatic carbocycles. The van der Waals surface area contributed by atoms with Crippen molar-refractivity contribution in [2.24, 2.45) is 0 Å². The van der Waals surface area contributed by atoms with Crippen molar-refractivity contribution in [1.29, 1.82) is 5.26 Å². The van der Waals surface area contributed by atoms with Crippen LogP contribution in [0.3, 0.4) is 0 Å². The van der Waals surface area contributed by atoms with Crippen LogP contribution in [0.15, 0.2) is 48.5 Å². The van der Waals surface area contributed by atoms with Crippen LogP contribution < -0.4 is 0 Å². The maximum absolute atomic E-state index is 12.7. The summed E-state index contributed by atoms with van der Waals surface area (Å²) < 4.78 is 11.1. The van der Waals surface area contributed by atoms with Crippen LogP contribution in [-0.4, -0.2) is 46.4 Å². The third-order valence-electron chi connectivity index (χ3n) is 5.31. The van der Waals surface area contributed by atoms with Crippen molar-refractivity contribution in [2.45, 2.75) is 37.1 Å². The molecule has 2 aliphatic heterocycles. The number of piperidine rings is 1. The van der Waals surface area contributed by atoms with Gasteiger partial charge in [0, 0.05) is 12.8 Å². The van der Waals surface area contributed by atoms with Gasteiger partial charge in [-0.2, -0.15) is 5.26 Å². The Kier molecular flexibility index (Phi) is 4.99. The number of hydrogen-bond acceptors (Lipinski definition) is 6. The summed E-state index contributed by atoms with van der Waals surface area (Å²) in [5.74, 6) is 0. The van der Waals surface area contributed by atoms with Gasteiger partial charge < -0.3 is 14.6 Å². The molecule has 1 aromatic heterocycles. The fourth-order valence-corrected chi connectivity index (χ4v) is 4.03. The van der Waals surface area contributed by atoms with Gasteiger partial charge in [0.15, 0.2) is 0 Å². The van der Waals surface area contributed by atoms with Gasteiger partial charge in [0.2, 0.25) is 0 Å². The Morgan fingerprint density at radius 1 is 1.21 bits per heavy atom. The highest BCUT2D eigenvalue weighted by Crippen LogP contribution is 2.40. The molecular weight excluding hydrogens is 358 g/mol. The van der Waals surface area contributed by atoms with E-state index in [9.17, 15) is 9.90 Å². The van der Waals surface area contributed by atoms with Crippen molar-refractivity contribution >= 4 is 6.09 Å². The molecule has 2 bridgehead atoms. The first-order valence-corrected chi connectivity index (χ1v) is 9.26. The van der Waals surface area contributed by atoms with E-state index in [2.05, 4.69) is 4.98 Å². The first kappa shape index (κ1) is 18.4. The number of aromatic nitrogens is 1. The highest BCUT2D eigenvalue weighted by molar-refractivity contribution is 5.69. The molecule has 2 atom stereocenters. The number of nitrogens with zero attached hydrogens (tertiary/aromatic N) is 3. The van der Waals surface area contributed by atoms with Crippen molar-refractivity contribution in [2.75, 3.05) is 13.2 Å². The molecule has 0 aliphatic carbocycles. The maximum Gasteiger partial charge on any atom is 0.410 e. The molecule has 2 fully saturated rings. The molecule has 2 unspecified atom stereocenters. The zero-order valence-electron chi connectivity index (χ0n) is 15.3. The van der Waals surface area contributed by atoms with Gasteiger partial charge in [-0.3, -0.25) is 4.90 Å². The van der Waals surface area contributed by atoms with E-state index in [1.165, 1.54) is 0 Å². The Hall–Kier alpha value is -2.95. The van der Waals surface area contributed by atoms with Crippen LogP contribution in [0.5, 0.6) is 0 Å². The Labute approximate surface area is 163 Å². The van der Waals surface area contributed by atoms with Gasteiger partial charge in [-0.25, -0.2) is 9.78 Å². The van der Waals surface area contributed by atoms with Crippen LogP contribution >= 0.6 is 0 Å². The van der Waals surface area contributed by atoms with Gasteiger partial charge in [-0.1, -0.05) is 36.4 Å². The summed E-state index contributed by atoms with van der Waals surface area (Å²) in [4.78, 5) is 18.7. The molecule has 3 heterocycles. The smallest absolute Gasteiger partial charge is 0.410 e. The van der Waals surface area contributed by atoms with Gasteiger partial charge in [0.05, 0.1) is 31.0 Å². The number of ether oxygens (including phenoxy) is 2. The van der Waals surface area contributed by atoms with Crippen molar-refractivity contribution < 1.29 is 19.4 Å². The topological polar surface area (TPSA) is 95.7 Å². The van der Waals surface area contributed by atoms with Crippen molar-refractivity contribution in [3.05, 3.63) is 65.5 Å². The molecule has 7 nitrogen and oxygen atoms in total. The summed E-state index contributed by atoms with van der Waals surface area (Å²) in [5, 5.41) is 20.4. The summed E-state index contributed by atoms with van der Waals surface area (Å²) in [6.07, 6.45) is 0.167. The summed E-state index contributed by atoms with van der Waals surface area (Å²) in [7, 11) is 0. The Balaban J connectivity index is 1.50. The minimum atomic E-state index is -1.21. The lowest BCUT2D eigenvalue weighted by Crippen LogP contribution is -2.62. The summed E-state index contributed by atoms with van der Waals surface area (Å²) >= 11 is 0. The summed E-state index contributed by atoms with van der Waals surface area (Å²) in [6, 6.07) is 15.9. The number of pyridine rings is 1. The molecule has 2 aliphatic rings. The Morgan fingerprint density at radius 2 is 1.93 bits per heavy atom. The average Bonchev–Trinajstić information content (AvgIpc) is 2.72. The number of carbonyl (C=O) groups is 1. The Morgan fingerprint density at radius 3 is 2.61 bits per heavy atom. The summed E-state index contributed by atoms with van der Waals surface area (Å²) in [6.45, 7) is 0.862. The van der Waals surface area contributed by atoms with E-state index in [4.69, 9.17) is 14.7 Å². The first-order valence-electron chi connectivity index (χ1n) is 9.26. The largest absolute Gasteiger partial charge is 0.445 e. The normalized spacial score (nSPS) is 26.4. The molecule has 7 heteroatoms. The third-order valence-corrected chi connectivity index (χ3v) is 5.31. The fourth-order valence-electron chi connectivity index (χ4n) is 4.03. The zero-order valence-corrected chi connectivity index (χ0v) is 15.3. The minimum Gasteiger partial charge on any atom is -0.445 e. The lowest BCUT2D eigenvalue weighted by molar-refractivity contribution is -0.138. The van der Waals surface area contributed by atoms with E-state index >= 15 is 0 Å². The van der Waals surface area contributed by atoms with Gasteiger partial charge in [0.1, 0.15) is 24.0 Å². The fraction of sp³-hybridized carbons (Fsp3) is 0.381. The van der Waals surface area contributed by atoms with Crippen LogP contribution in [0.25, 0.3) is 0 Å². The first-order chi connectivity index (χ1) is 13.6. The second kappa shape index (κ2) is 7.58. The number of hydrogen-bond donors (Lipinski definition) is 1. The molecule has 28 heavy (non-hydrogen) atoms. The number of carbonyl (C=O) groups excluding carboxylic acids is 1. The van der Waals surface area contributed by atoms with Crippen LogP contribution in [0.2, 0.25) is 0 Å². The second-order valence-corrected chi connectivity index (χ2v) is 7.25. The van der Waals surface area contributed by atoms with E-state index in [1.54, 1.807) is 23.1 Å². The van der Waals surface area contributed by atoms with Crippen LogP contribution in [0.4, 0.5) is 4.79 Å². The van der Waals surface area contributed by atoms with Crippen LogP contribution in [0.1, 0.15) is 29.8 Å². The average molecular weight is 379 g/mol. The number of nitriles is 1. The molecule has 1 N–H and O–H groups in total. The van der Waals surface area contributed by atoms with E-state index in [-0.39, 0.29) is 37.2 Å². The SMILES string of the molecule is N#Cc1cccc(C2(O)CC3COCC(C2)N3C(=O)OCc2ccccc2)n1. The monoisotopic (exact) mass is 379 g/mol. The molecule has 2 aromatic rings. The molecule has 144 valence electrons. The maximum atomic E-state index is 12.7. The van der Waals surface area contributed by atoms with E-state index in [1.807, 2.05) is 36.4 Å². The number of aliphatic hydroxyl groups is 1. The second-order valence-electron chi connectivity index (χ2n) is 7.25. The van der Waals surface area contributed by atoms with Crippen molar-refractivity contribution in [1.82, 2.24) is 9.88 Å². The lowest BCUT2D eigenvalue weighted by Gasteiger charge is -2.50. The number of morpholine rings is 1. The van der Waals surface area contributed by atoms with Crippen molar-refractivity contribution in [3.63, 3.8) is 0 Å². The van der Waals surface area contributed by atoms with E-state index in [0.717, 1.165) is 5.56 Å². The van der Waals surface area contributed by atoms with Gasteiger partial charge in [-0.15, -0.1) is 0 Å². The van der Waals surface area contributed by atoms with Gasteiger partial charge >= 0.3 is 6.09 Å². The standard InChI is InChI=1S/C21H21N3O4/c22-11-16-7-4-8-19(23-16)21(26)9-17-13-27-14-18(10-21)24(17)20(25)28-12-15-5-2-1-3-6-15/h1-8,17-18,26H,9-10,12-14H2. The predicted molar refractivity (Wildman–Crippen MR) is 98.9 cm³/mol. The van der Waals surface area contributed by atoms with Crippen molar-refractivity contribution in [3.8, 4) is 6.07 Å². The number of amides is 1. The highest BCUT2D eigenvalue weighted by Gasteiger charge is 2.50. The molecule has 1 amide bonds. The molecule has 0 saturated carbocycles. The van der Waals surface area contributed by atoms with Crippen LogP contribution in [-0.2, 0) is 21.7 Å². The van der Waals surface area contributed by atoms with Gasteiger partial charge in [0.25, 0.3) is 0 Å². The van der Waals surface area contributed by atoms with E-state index < -0.39 is 11.7 Å². The molecule has 0 spiro atoms. The number of fused-ring (bicyclic) bond motifs is 2. The zero-order chi connectivity index (χ0) is 19.6. The molecule has 2 saturated heterocycles. The lowest BCUT2D eigenvalue weighted by atomic mass is 9.79. The highest BCUT2D eigenvalue weighted by atomic mass is 16.6. The van der Waals surface area contributed by atoms with Gasteiger partial charge in [-0.05, 0) is 17.7 Å². The predicted octanol–water partition coefficient (Wildman–Crippen LogP) is 2.34. The Bertz CT molecular complexity index is 882. The van der Waals surface area contributed by atoms with Crippen LogP contribution in [0, 0.1) is 11.3 Å². The molecule has 0 radical (unpaired) electrons. The number of benzene rings is 1. The van der Waals surface area contributed by atoms with E-state index in [0.29, 0.717) is 18.9 Å². The number of rotatable bonds is 3. The quantitative estimate of drug-likeness (QED) is 0.879. The third kappa shape index (κ3) is 3.57. The minimum absolute atomic E-state index is 0.201.